The summed E-state index contributed by atoms with van der Waals surface area (Å²) in [5, 5.41) is 2.07. The van der Waals surface area contributed by atoms with Gasteiger partial charge in [-0.15, -0.1) is 11.3 Å². The predicted molar refractivity (Wildman–Crippen MR) is 142 cm³/mol. The van der Waals surface area contributed by atoms with Crippen LogP contribution in [-0.4, -0.2) is 54.3 Å². The average molecular weight is 542 g/mol. The van der Waals surface area contributed by atoms with Crippen LogP contribution in [0.15, 0.2) is 60.0 Å². The highest BCUT2D eigenvalue weighted by Gasteiger charge is 2.34. The highest BCUT2D eigenvalue weighted by molar-refractivity contribution is 7.10. The molecule has 9 heteroatoms. The predicted octanol–water partition coefficient (Wildman–Crippen LogP) is 5.68. The number of thiophene rings is 1. The number of alkyl halides is 3. The Morgan fingerprint density at radius 1 is 0.921 bits per heavy atom. The van der Waals surface area contributed by atoms with Gasteiger partial charge in [-0.1, -0.05) is 35.9 Å². The third-order valence-electron chi connectivity index (χ3n) is 7.40. The number of fused-ring (bicyclic) bond motifs is 1. The molecular formula is C29H30F3N3O2S. The number of rotatable bonds is 5. The van der Waals surface area contributed by atoms with Gasteiger partial charge in [0.05, 0.1) is 11.6 Å². The van der Waals surface area contributed by atoms with Crippen molar-refractivity contribution in [2.75, 3.05) is 37.6 Å². The van der Waals surface area contributed by atoms with E-state index in [1.807, 2.05) is 16.7 Å². The van der Waals surface area contributed by atoms with E-state index in [2.05, 4.69) is 35.7 Å². The zero-order valence-corrected chi connectivity index (χ0v) is 22.0. The van der Waals surface area contributed by atoms with Crippen molar-refractivity contribution in [1.82, 2.24) is 9.80 Å². The van der Waals surface area contributed by atoms with Crippen LogP contribution in [0.2, 0.25) is 0 Å². The van der Waals surface area contributed by atoms with Gasteiger partial charge in [-0.25, -0.2) is 0 Å². The van der Waals surface area contributed by atoms with Crippen molar-refractivity contribution in [2.45, 2.75) is 38.4 Å². The second kappa shape index (κ2) is 10.8. The molecule has 0 saturated carbocycles. The number of piperazine rings is 1. The zero-order chi connectivity index (χ0) is 26.9. The summed E-state index contributed by atoms with van der Waals surface area (Å²) in [6.07, 6.45) is -3.32. The highest BCUT2D eigenvalue weighted by atomic mass is 32.1. The van der Waals surface area contributed by atoms with Crippen molar-refractivity contribution in [3.05, 3.63) is 87.1 Å². The van der Waals surface area contributed by atoms with Crippen molar-refractivity contribution >= 4 is 28.8 Å². The first-order chi connectivity index (χ1) is 18.2. The van der Waals surface area contributed by atoms with Gasteiger partial charge in [0.2, 0.25) is 11.8 Å². The van der Waals surface area contributed by atoms with E-state index in [4.69, 9.17) is 0 Å². The summed E-state index contributed by atoms with van der Waals surface area (Å²) in [6.45, 7) is 4.38. The molecular weight excluding hydrogens is 511 g/mol. The SMILES string of the molecule is Cc1ccc(C2c3ccsc3CCN2C(=O)CCC(=O)N2CCN(c3cccc(C(F)(F)F)c3)CC2)cc1. The first-order valence-corrected chi connectivity index (χ1v) is 13.7. The lowest BCUT2D eigenvalue weighted by Gasteiger charge is -2.37. The number of carbonyl (C=O) groups excluding carboxylic acids is 2. The molecule has 0 bridgehead atoms. The van der Waals surface area contributed by atoms with Crippen LogP contribution in [0.1, 0.15) is 46.0 Å². The van der Waals surface area contributed by atoms with Gasteiger partial charge in [0.1, 0.15) is 0 Å². The van der Waals surface area contributed by atoms with Gasteiger partial charge in [0.15, 0.2) is 0 Å². The molecule has 3 aromatic rings. The van der Waals surface area contributed by atoms with E-state index >= 15 is 0 Å². The van der Waals surface area contributed by atoms with Crippen LogP contribution in [0.5, 0.6) is 0 Å². The molecule has 1 atom stereocenters. The first kappa shape index (κ1) is 26.3. The van der Waals surface area contributed by atoms with Crippen LogP contribution in [-0.2, 0) is 22.2 Å². The Balaban J connectivity index is 1.19. The molecule has 1 saturated heterocycles. The van der Waals surface area contributed by atoms with E-state index in [1.54, 1.807) is 22.3 Å². The van der Waals surface area contributed by atoms with E-state index in [-0.39, 0.29) is 30.7 Å². The van der Waals surface area contributed by atoms with Gasteiger partial charge in [0.25, 0.3) is 0 Å². The molecule has 2 aromatic carbocycles. The van der Waals surface area contributed by atoms with Crippen LogP contribution in [0, 0.1) is 6.92 Å². The molecule has 200 valence electrons. The number of aryl methyl sites for hydroxylation is 1. The normalized spacial score (nSPS) is 17.9. The summed E-state index contributed by atoms with van der Waals surface area (Å²) in [6, 6.07) is 15.5. The quantitative estimate of drug-likeness (QED) is 0.418. The fourth-order valence-corrected chi connectivity index (χ4v) is 6.21. The number of hydrogen-bond acceptors (Lipinski definition) is 4. The van der Waals surface area contributed by atoms with E-state index in [1.165, 1.54) is 10.9 Å². The molecule has 2 amide bonds. The standard InChI is InChI=1S/C29H30F3N3O2S/c1-20-5-7-21(8-6-20)28-24-12-18-38-25(24)11-13-35(28)27(37)10-9-26(36)34-16-14-33(15-17-34)23-4-2-3-22(19-23)29(30,31)32/h2-8,12,18-19,28H,9-11,13-17H2,1H3. The number of carbonyl (C=O) groups is 2. The lowest BCUT2D eigenvalue weighted by molar-refractivity contribution is -0.138. The van der Waals surface area contributed by atoms with E-state index in [0.717, 1.165) is 35.2 Å². The van der Waals surface area contributed by atoms with Crippen molar-refractivity contribution < 1.29 is 22.8 Å². The van der Waals surface area contributed by atoms with Gasteiger partial charge in [-0.05, 0) is 54.1 Å². The third-order valence-corrected chi connectivity index (χ3v) is 8.40. The number of halogens is 3. The largest absolute Gasteiger partial charge is 0.416 e. The second-order valence-corrected chi connectivity index (χ2v) is 10.9. The average Bonchev–Trinajstić information content (AvgIpc) is 3.40. The third kappa shape index (κ3) is 5.57. The van der Waals surface area contributed by atoms with Gasteiger partial charge in [-0.2, -0.15) is 13.2 Å². The van der Waals surface area contributed by atoms with Crippen molar-refractivity contribution in [3.63, 3.8) is 0 Å². The van der Waals surface area contributed by atoms with E-state index in [9.17, 15) is 22.8 Å². The zero-order valence-electron chi connectivity index (χ0n) is 21.2. The summed E-state index contributed by atoms with van der Waals surface area (Å²) in [4.78, 5) is 33.1. The lowest BCUT2D eigenvalue weighted by Crippen LogP contribution is -2.49. The Bertz CT molecular complexity index is 1300. The maximum atomic E-state index is 13.4. The number of benzene rings is 2. The van der Waals surface area contributed by atoms with Gasteiger partial charge < -0.3 is 14.7 Å². The maximum absolute atomic E-state index is 13.4. The summed E-state index contributed by atoms with van der Waals surface area (Å²) >= 11 is 1.72. The summed E-state index contributed by atoms with van der Waals surface area (Å²) in [5.74, 6) is -0.134. The minimum Gasteiger partial charge on any atom is -0.368 e. The van der Waals surface area contributed by atoms with Crippen LogP contribution in [0.4, 0.5) is 18.9 Å². The summed E-state index contributed by atoms with van der Waals surface area (Å²) < 4.78 is 39.2. The topological polar surface area (TPSA) is 43.9 Å². The molecule has 1 unspecified atom stereocenters. The lowest BCUT2D eigenvalue weighted by atomic mass is 9.92. The Hall–Kier alpha value is -3.33. The number of hydrogen-bond donors (Lipinski definition) is 0. The van der Waals surface area contributed by atoms with Gasteiger partial charge >= 0.3 is 6.18 Å². The molecule has 2 aliphatic rings. The van der Waals surface area contributed by atoms with Crippen LogP contribution < -0.4 is 4.90 Å². The van der Waals surface area contributed by atoms with Crippen molar-refractivity contribution in [2.24, 2.45) is 0 Å². The maximum Gasteiger partial charge on any atom is 0.416 e. The molecule has 0 N–H and O–H groups in total. The molecule has 0 radical (unpaired) electrons. The second-order valence-electron chi connectivity index (χ2n) is 9.87. The minimum atomic E-state index is -4.39. The molecule has 5 rings (SSSR count). The molecule has 3 heterocycles. The molecule has 0 aliphatic carbocycles. The number of amides is 2. The summed E-state index contributed by atoms with van der Waals surface area (Å²) in [5.41, 5.74) is 3.22. The monoisotopic (exact) mass is 541 g/mol. The Labute approximate surface area is 224 Å². The number of nitrogens with zero attached hydrogens (tertiary/aromatic N) is 3. The minimum absolute atomic E-state index is 0.0385. The molecule has 1 aromatic heterocycles. The Kier molecular flexibility index (Phi) is 7.47. The molecule has 1 fully saturated rings. The van der Waals surface area contributed by atoms with Crippen LogP contribution in [0.25, 0.3) is 0 Å². The van der Waals surface area contributed by atoms with E-state index < -0.39 is 11.7 Å². The van der Waals surface area contributed by atoms with Gasteiger partial charge in [-0.3, -0.25) is 9.59 Å². The van der Waals surface area contributed by atoms with Crippen LogP contribution >= 0.6 is 11.3 Å². The fourth-order valence-electron chi connectivity index (χ4n) is 5.30. The Morgan fingerprint density at radius 3 is 2.34 bits per heavy atom. The molecule has 2 aliphatic heterocycles. The van der Waals surface area contributed by atoms with E-state index in [0.29, 0.717) is 38.4 Å². The first-order valence-electron chi connectivity index (χ1n) is 12.8. The number of anilines is 1. The fraction of sp³-hybridized carbons (Fsp3) is 0.379. The highest BCUT2D eigenvalue weighted by Crippen LogP contribution is 2.38. The van der Waals surface area contributed by atoms with Crippen molar-refractivity contribution in [3.8, 4) is 0 Å². The molecule has 5 nitrogen and oxygen atoms in total. The van der Waals surface area contributed by atoms with Crippen LogP contribution in [0.3, 0.4) is 0 Å². The molecule has 38 heavy (non-hydrogen) atoms. The summed E-state index contributed by atoms with van der Waals surface area (Å²) in [7, 11) is 0. The van der Waals surface area contributed by atoms with Crippen molar-refractivity contribution in [1.29, 1.82) is 0 Å². The van der Waals surface area contributed by atoms with Gasteiger partial charge in [0, 0.05) is 56.1 Å². The molecule has 0 spiro atoms. The Morgan fingerprint density at radius 2 is 1.63 bits per heavy atom. The smallest absolute Gasteiger partial charge is 0.368 e.